The zero-order chi connectivity index (χ0) is 18.4. The molecule has 0 unspecified atom stereocenters. The molecule has 0 aliphatic carbocycles. The number of carbonyl (C=O) groups is 2. The van der Waals surface area contributed by atoms with E-state index in [1.807, 2.05) is 30.3 Å². The monoisotopic (exact) mass is 347 g/mol. The van der Waals surface area contributed by atoms with Crippen LogP contribution in [0.5, 0.6) is 17.2 Å². The van der Waals surface area contributed by atoms with Gasteiger partial charge in [-0.1, -0.05) is 18.2 Å². The van der Waals surface area contributed by atoms with E-state index in [1.165, 1.54) is 6.92 Å². The van der Waals surface area contributed by atoms with Crippen molar-refractivity contribution in [3.05, 3.63) is 84.4 Å². The molecule has 0 spiro atoms. The molecule has 130 valence electrons. The number of benzene rings is 3. The van der Waals surface area contributed by atoms with Crippen LogP contribution in [0.2, 0.25) is 0 Å². The zero-order valence-electron chi connectivity index (χ0n) is 14.1. The number of esters is 1. The minimum absolute atomic E-state index is 0.160. The van der Waals surface area contributed by atoms with Crippen molar-refractivity contribution in [2.45, 2.75) is 6.92 Å². The molecule has 0 saturated carbocycles. The predicted molar refractivity (Wildman–Crippen MR) is 98.7 cm³/mol. The molecular formula is C21H17NO4. The van der Waals surface area contributed by atoms with Crippen LogP contribution in [0.1, 0.15) is 17.3 Å². The first-order chi connectivity index (χ1) is 12.6. The maximum atomic E-state index is 12.2. The maximum Gasteiger partial charge on any atom is 0.343 e. The van der Waals surface area contributed by atoms with Crippen molar-refractivity contribution in [3.63, 3.8) is 0 Å². The molecule has 0 aliphatic rings. The van der Waals surface area contributed by atoms with E-state index in [0.29, 0.717) is 22.7 Å². The average Bonchev–Trinajstić information content (AvgIpc) is 2.64. The molecule has 3 aromatic rings. The molecule has 5 heteroatoms. The highest BCUT2D eigenvalue weighted by Crippen LogP contribution is 2.22. The number of amides is 1. The summed E-state index contributed by atoms with van der Waals surface area (Å²) in [5.74, 6) is 1.12. The molecule has 3 rings (SSSR count). The summed E-state index contributed by atoms with van der Waals surface area (Å²) >= 11 is 0. The molecule has 0 fully saturated rings. The summed E-state index contributed by atoms with van der Waals surface area (Å²) in [6.45, 7) is 1.43. The molecule has 5 nitrogen and oxygen atoms in total. The van der Waals surface area contributed by atoms with Crippen LogP contribution < -0.4 is 14.8 Å². The minimum atomic E-state index is -0.469. The van der Waals surface area contributed by atoms with E-state index in [0.717, 1.165) is 5.75 Å². The number of carbonyl (C=O) groups excluding carboxylic acids is 2. The SMILES string of the molecule is CC(=O)Nc1ccc(OC(=O)c2ccc(Oc3ccccc3)cc2)cc1. The normalized spacial score (nSPS) is 10.0. The average molecular weight is 347 g/mol. The Labute approximate surface area is 151 Å². The van der Waals surface area contributed by atoms with Crippen molar-refractivity contribution in [1.29, 1.82) is 0 Å². The van der Waals surface area contributed by atoms with Crippen LogP contribution in [0.15, 0.2) is 78.9 Å². The topological polar surface area (TPSA) is 64.6 Å². The molecule has 26 heavy (non-hydrogen) atoms. The van der Waals surface area contributed by atoms with Crippen molar-refractivity contribution >= 4 is 17.6 Å². The lowest BCUT2D eigenvalue weighted by molar-refractivity contribution is -0.114. The summed E-state index contributed by atoms with van der Waals surface area (Å²) in [7, 11) is 0. The number of ether oxygens (including phenoxy) is 2. The third-order valence-corrected chi connectivity index (χ3v) is 3.45. The Hall–Kier alpha value is -3.60. The Morgan fingerprint density at radius 1 is 0.731 bits per heavy atom. The van der Waals surface area contributed by atoms with Gasteiger partial charge in [0.2, 0.25) is 5.91 Å². The number of rotatable bonds is 5. The first-order valence-electron chi connectivity index (χ1n) is 8.03. The standard InChI is InChI=1S/C21H17NO4/c1-15(23)22-17-9-13-20(14-10-17)26-21(24)16-7-11-19(12-8-16)25-18-5-3-2-4-6-18/h2-14H,1H3,(H,22,23). The molecule has 0 heterocycles. The maximum absolute atomic E-state index is 12.2. The van der Waals surface area contributed by atoms with Gasteiger partial charge in [-0.3, -0.25) is 4.79 Å². The highest BCUT2D eigenvalue weighted by Gasteiger charge is 2.09. The predicted octanol–water partition coefficient (Wildman–Crippen LogP) is 4.66. The van der Waals surface area contributed by atoms with Gasteiger partial charge in [-0.25, -0.2) is 4.79 Å². The van der Waals surface area contributed by atoms with Gasteiger partial charge in [0, 0.05) is 12.6 Å². The van der Waals surface area contributed by atoms with Crippen molar-refractivity contribution in [3.8, 4) is 17.2 Å². The fourth-order valence-electron chi connectivity index (χ4n) is 2.26. The first kappa shape index (κ1) is 17.2. The third kappa shape index (κ3) is 4.70. The Kier molecular flexibility index (Phi) is 5.29. The van der Waals surface area contributed by atoms with Gasteiger partial charge < -0.3 is 14.8 Å². The number of anilines is 1. The fraction of sp³-hybridized carbons (Fsp3) is 0.0476. The van der Waals surface area contributed by atoms with E-state index >= 15 is 0 Å². The van der Waals surface area contributed by atoms with Crippen LogP contribution in [-0.4, -0.2) is 11.9 Å². The third-order valence-electron chi connectivity index (χ3n) is 3.45. The second-order valence-corrected chi connectivity index (χ2v) is 5.53. The summed E-state index contributed by atoms with van der Waals surface area (Å²) in [5, 5.41) is 2.65. The lowest BCUT2D eigenvalue weighted by Gasteiger charge is -2.08. The van der Waals surface area contributed by atoms with Gasteiger partial charge in [0.1, 0.15) is 17.2 Å². The van der Waals surface area contributed by atoms with Gasteiger partial charge in [0.15, 0.2) is 0 Å². The molecular weight excluding hydrogens is 330 g/mol. The Morgan fingerprint density at radius 2 is 1.31 bits per heavy atom. The summed E-state index contributed by atoms with van der Waals surface area (Å²) in [5.41, 5.74) is 1.05. The molecule has 0 bridgehead atoms. The quantitative estimate of drug-likeness (QED) is 0.539. The number of para-hydroxylation sites is 1. The largest absolute Gasteiger partial charge is 0.457 e. The second-order valence-electron chi connectivity index (χ2n) is 5.53. The second kappa shape index (κ2) is 7.98. The van der Waals surface area contributed by atoms with Crippen LogP contribution in [0.3, 0.4) is 0 Å². The molecule has 1 amide bonds. The van der Waals surface area contributed by atoms with E-state index in [1.54, 1.807) is 48.5 Å². The summed E-state index contributed by atoms with van der Waals surface area (Å²) < 4.78 is 11.0. The van der Waals surface area contributed by atoms with Crippen LogP contribution in [0.25, 0.3) is 0 Å². The van der Waals surface area contributed by atoms with E-state index in [9.17, 15) is 9.59 Å². The van der Waals surface area contributed by atoms with Crippen molar-refractivity contribution in [2.75, 3.05) is 5.32 Å². The fourth-order valence-corrected chi connectivity index (χ4v) is 2.26. The van der Waals surface area contributed by atoms with Gasteiger partial charge >= 0.3 is 5.97 Å². The van der Waals surface area contributed by atoms with Crippen molar-refractivity contribution in [2.24, 2.45) is 0 Å². The molecule has 0 atom stereocenters. The highest BCUT2D eigenvalue weighted by atomic mass is 16.5. The van der Waals surface area contributed by atoms with Crippen LogP contribution in [0.4, 0.5) is 5.69 Å². The van der Waals surface area contributed by atoms with Gasteiger partial charge in [0.05, 0.1) is 5.56 Å². The Balaban J connectivity index is 1.62. The van der Waals surface area contributed by atoms with E-state index in [4.69, 9.17) is 9.47 Å². The van der Waals surface area contributed by atoms with Crippen LogP contribution >= 0.6 is 0 Å². The molecule has 0 aliphatic heterocycles. The highest BCUT2D eigenvalue weighted by molar-refractivity contribution is 5.91. The molecule has 3 aromatic carbocycles. The molecule has 0 radical (unpaired) electrons. The Bertz CT molecular complexity index is 888. The summed E-state index contributed by atoms with van der Waals surface area (Å²) in [6, 6.07) is 22.7. The van der Waals surface area contributed by atoms with Crippen molar-refractivity contribution in [1.82, 2.24) is 0 Å². The van der Waals surface area contributed by atoms with E-state index < -0.39 is 5.97 Å². The zero-order valence-corrected chi connectivity index (χ0v) is 14.1. The summed E-state index contributed by atoms with van der Waals surface area (Å²) in [6.07, 6.45) is 0. The number of hydrogen-bond acceptors (Lipinski definition) is 4. The van der Waals surface area contributed by atoms with Crippen LogP contribution in [0, 0.1) is 0 Å². The Morgan fingerprint density at radius 3 is 1.92 bits per heavy atom. The van der Waals surface area contributed by atoms with Gasteiger partial charge in [-0.05, 0) is 60.7 Å². The minimum Gasteiger partial charge on any atom is -0.457 e. The van der Waals surface area contributed by atoms with Gasteiger partial charge in [-0.2, -0.15) is 0 Å². The first-order valence-corrected chi connectivity index (χ1v) is 8.03. The van der Waals surface area contributed by atoms with Crippen molar-refractivity contribution < 1.29 is 19.1 Å². The molecule has 0 aromatic heterocycles. The van der Waals surface area contributed by atoms with E-state index in [2.05, 4.69) is 5.32 Å². The number of hydrogen-bond donors (Lipinski definition) is 1. The molecule has 0 saturated heterocycles. The molecule has 1 N–H and O–H groups in total. The van der Waals surface area contributed by atoms with Gasteiger partial charge in [0.25, 0.3) is 0 Å². The van der Waals surface area contributed by atoms with Crippen LogP contribution in [-0.2, 0) is 4.79 Å². The van der Waals surface area contributed by atoms with Gasteiger partial charge in [-0.15, -0.1) is 0 Å². The summed E-state index contributed by atoms with van der Waals surface area (Å²) in [4.78, 5) is 23.2. The lowest BCUT2D eigenvalue weighted by atomic mass is 10.2. The smallest absolute Gasteiger partial charge is 0.343 e. The number of nitrogens with one attached hydrogen (secondary N) is 1. The lowest BCUT2D eigenvalue weighted by Crippen LogP contribution is -2.09. The van der Waals surface area contributed by atoms with E-state index in [-0.39, 0.29) is 5.91 Å².